The Kier molecular flexibility index (Phi) is 9.50. The summed E-state index contributed by atoms with van der Waals surface area (Å²) < 4.78 is 16.1. The van der Waals surface area contributed by atoms with Gasteiger partial charge < -0.3 is 19.1 Å². The lowest BCUT2D eigenvalue weighted by Gasteiger charge is -2.43. The first-order valence-corrected chi connectivity index (χ1v) is 11.2. The van der Waals surface area contributed by atoms with Crippen molar-refractivity contribution in [1.82, 2.24) is 9.80 Å². The van der Waals surface area contributed by atoms with Crippen molar-refractivity contribution in [3.63, 3.8) is 0 Å². The van der Waals surface area contributed by atoms with Crippen LogP contribution < -0.4 is 0 Å². The van der Waals surface area contributed by atoms with E-state index < -0.39 is 23.7 Å². The lowest BCUT2D eigenvalue weighted by atomic mass is 9.90. The van der Waals surface area contributed by atoms with Crippen LogP contribution in [0.15, 0.2) is 30.3 Å². The monoisotopic (exact) mass is 448 g/mol. The van der Waals surface area contributed by atoms with E-state index in [1.807, 2.05) is 56.0 Å². The Morgan fingerprint density at radius 1 is 1.06 bits per heavy atom. The lowest BCUT2D eigenvalue weighted by Crippen LogP contribution is -2.57. The van der Waals surface area contributed by atoms with Crippen LogP contribution in [0.25, 0.3) is 0 Å². The van der Waals surface area contributed by atoms with Crippen molar-refractivity contribution < 1.29 is 28.6 Å². The Labute approximate surface area is 190 Å². The average molecular weight is 449 g/mol. The highest BCUT2D eigenvalue weighted by Gasteiger charge is 2.41. The number of piperidine rings is 1. The van der Waals surface area contributed by atoms with Crippen LogP contribution in [-0.4, -0.2) is 72.3 Å². The van der Waals surface area contributed by atoms with Crippen LogP contribution in [0.3, 0.4) is 0 Å². The summed E-state index contributed by atoms with van der Waals surface area (Å²) in [5.41, 5.74) is 0.368. The Morgan fingerprint density at radius 3 is 2.31 bits per heavy atom. The smallest absolute Gasteiger partial charge is 0.410 e. The zero-order valence-electron chi connectivity index (χ0n) is 19.8. The molecule has 2 atom stereocenters. The van der Waals surface area contributed by atoms with Crippen molar-refractivity contribution in [2.24, 2.45) is 5.92 Å². The van der Waals surface area contributed by atoms with Crippen LogP contribution in [0.4, 0.5) is 4.79 Å². The maximum atomic E-state index is 12.8. The Bertz CT molecular complexity index is 762. The van der Waals surface area contributed by atoms with Crippen molar-refractivity contribution >= 4 is 18.0 Å². The molecule has 0 radical (unpaired) electrons. The van der Waals surface area contributed by atoms with E-state index in [1.165, 1.54) is 0 Å². The summed E-state index contributed by atoms with van der Waals surface area (Å²) in [6.45, 7) is 10.6. The number of ether oxygens (including phenoxy) is 3. The van der Waals surface area contributed by atoms with Gasteiger partial charge in [-0.1, -0.05) is 30.3 Å². The van der Waals surface area contributed by atoms with Crippen molar-refractivity contribution in [3.05, 3.63) is 35.9 Å². The molecular formula is C24H36N2O6. The van der Waals surface area contributed by atoms with Gasteiger partial charge >= 0.3 is 18.0 Å². The van der Waals surface area contributed by atoms with Gasteiger partial charge in [0, 0.05) is 25.7 Å². The molecule has 0 saturated carbocycles. The molecule has 1 aliphatic rings. The molecule has 8 nitrogen and oxygen atoms in total. The third-order valence-electron chi connectivity index (χ3n) is 5.16. The van der Waals surface area contributed by atoms with E-state index in [1.54, 1.807) is 18.7 Å². The number of likely N-dealkylation sites (tertiary alicyclic amines) is 1. The van der Waals surface area contributed by atoms with Crippen LogP contribution >= 0.6 is 0 Å². The number of hydrogen-bond donors (Lipinski definition) is 0. The molecule has 0 aromatic heterocycles. The molecule has 32 heavy (non-hydrogen) atoms. The van der Waals surface area contributed by atoms with Crippen LogP contribution in [0.1, 0.15) is 46.6 Å². The normalized spacial score (nSPS) is 18.9. The first-order chi connectivity index (χ1) is 15.1. The molecule has 1 aliphatic heterocycles. The molecule has 1 heterocycles. The van der Waals surface area contributed by atoms with Crippen LogP contribution in [0.2, 0.25) is 0 Å². The molecule has 2 rings (SSSR count). The van der Waals surface area contributed by atoms with E-state index in [0.717, 1.165) is 5.56 Å². The SMILES string of the molecule is CCOC(=O)CN(Cc1ccccc1)[C@@H]1CN(C(=O)OC(C)(C)C)CC[C@@H]1C(=O)OCC. The molecule has 0 unspecified atom stereocenters. The van der Waals surface area contributed by atoms with Crippen molar-refractivity contribution in [3.8, 4) is 0 Å². The average Bonchev–Trinajstić information content (AvgIpc) is 2.72. The number of carbonyl (C=O) groups is 3. The summed E-state index contributed by atoms with van der Waals surface area (Å²) in [6.07, 6.45) is -0.00256. The second-order valence-electron chi connectivity index (χ2n) is 8.84. The van der Waals surface area contributed by atoms with Gasteiger partial charge in [0.1, 0.15) is 5.60 Å². The quantitative estimate of drug-likeness (QED) is 0.446. The summed E-state index contributed by atoms with van der Waals surface area (Å²) in [4.78, 5) is 41.4. The van der Waals surface area contributed by atoms with Gasteiger partial charge in [-0.25, -0.2) is 4.79 Å². The number of benzene rings is 1. The Hall–Kier alpha value is -2.61. The van der Waals surface area contributed by atoms with E-state index in [4.69, 9.17) is 14.2 Å². The Morgan fingerprint density at radius 2 is 1.72 bits per heavy atom. The zero-order valence-corrected chi connectivity index (χ0v) is 19.8. The minimum Gasteiger partial charge on any atom is -0.466 e. The van der Waals surface area contributed by atoms with Crippen LogP contribution in [0.5, 0.6) is 0 Å². The second kappa shape index (κ2) is 11.9. The van der Waals surface area contributed by atoms with Gasteiger partial charge in [0.25, 0.3) is 0 Å². The van der Waals surface area contributed by atoms with E-state index in [0.29, 0.717) is 19.5 Å². The topological polar surface area (TPSA) is 85.4 Å². The Balaban J connectivity index is 2.32. The first kappa shape index (κ1) is 25.6. The molecule has 1 amide bonds. The van der Waals surface area contributed by atoms with E-state index in [2.05, 4.69) is 0 Å². The number of carbonyl (C=O) groups excluding carboxylic acids is 3. The second-order valence-corrected chi connectivity index (χ2v) is 8.84. The molecule has 178 valence electrons. The first-order valence-electron chi connectivity index (χ1n) is 11.2. The van der Waals surface area contributed by atoms with E-state index >= 15 is 0 Å². The summed E-state index contributed by atoms with van der Waals surface area (Å²) in [5, 5.41) is 0. The fourth-order valence-electron chi connectivity index (χ4n) is 3.80. The van der Waals surface area contributed by atoms with Gasteiger partial charge in [-0.3, -0.25) is 14.5 Å². The highest BCUT2D eigenvalue weighted by Crippen LogP contribution is 2.27. The molecule has 1 fully saturated rings. The predicted octanol–water partition coefficient (Wildman–Crippen LogP) is 3.24. The van der Waals surface area contributed by atoms with Crippen molar-refractivity contribution in [1.29, 1.82) is 0 Å². The molecule has 8 heteroatoms. The maximum Gasteiger partial charge on any atom is 0.410 e. The molecule has 0 bridgehead atoms. The van der Waals surface area contributed by atoms with Crippen molar-refractivity contribution in [2.45, 2.75) is 59.2 Å². The summed E-state index contributed by atoms with van der Waals surface area (Å²) >= 11 is 0. The zero-order chi connectivity index (χ0) is 23.7. The van der Waals surface area contributed by atoms with Gasteiger partial charge in [0.15, 0.2) is 0 Å². The highest BCUT2D eigenvalue weighted by atomic mass is 16.6. The summed E-state index contributed by atoms with van der Waals surface area (Å²) in [7, 11) is 0. The maximum absolute atomic E-state index is 12.8. The third kappa shape index (κ3) is 7.82. The molecular weight excluding hydrogens is 412 g/mol. The lowest BCUT2D eigenvalue weighted by molar-refractivity contribution is -0.156. The number of amides is 1. The van der Waals surface area contributed by atoms with Crippen LogP contribution in [-0.2, 0) is 30.3 Å². The van der Waals surface area contributed by atoms with E-state index in [9.17, 15) is 14.4 Å². The molecule has 1 aromatic rings. The summed E-state index contributed by atoms with van der Waals surface area (Å²) in [5.74, 6) is -1.16. The molecule has 0 N–H and O–H groups in total. The van der Waals surface area contributed by atoms with Gasteiger partial charge in [-0.05, 0) is 46.6 Å². The molecule has 0 aliphatic carbocycles. The standard InChI is InChI=1S/C24H36N2O6/c1-6-30-21(27)17-26(15-18-11-9-8-10-12-18)20-16-25(23(29)32-24(3,4)5)14-13-19(20)22(28)31-7-2/h8-12,19-20H,6-7,13-17H2,1-5H3/t19-,20+/m0/s1. The fourth-order valence-corrected chi connectivity index (χ4v) is 3.80. The van der Waals surface area contributed by atoms with E-state index in [-0.39, 0.29) is 38.2 Å². The van der Waals surface area contributed by atoms with Crippen LogP contribution in [0, 0.1) is 5.92 Å². The molecule has 1 saturated heterocycles. The largest absolute Gasteiger partial charge is 0.466 e. The minimum absolute atomic E-state index is 0.00542. The van der Waals surface area contributed by atoms with Gasteiger partial charge in [-0.15, -0.1) is 0 Å². The minimum atomic E-state index is -0.626. The fraction of sp³-hybridized carbons (Fsp3) is 0.625. The van der Waals surface area contributed by atoms with Gasteiger partial charge in [-0.2, -0.15) is 0 Å². The number of hydrogen-bond acceptors (Lipinski definition) is 7. The number of rotatable bonds is 8. The predicted molar refractivity (Wildman–Crippen MR) is 120 cm³/mol. The highest BCUT2D eigenvalue weighted by molar-refractivity contribution is 5.75. The third-order valence-corrected chi connectivity index (χ3v) is 5.16. The number of nitrogens with zero attached hydrogens (tertiary/aromatic N) is 2. The van der Waals surface area contributed by atoms with Gasteiger partial charge in [0.05, 0.1) is 25.7 Å². The molecule has 0 spiro atoms. The molecule has 1 aromatic carbocycles. The van der Waals surface area contributed by atoms with Gasteiger partial charge in [0.2, 0.25) is 0 Å². The van der Waals surface area contributed by atoms with Crippen molar-refractivity contribution in [2.75, 3.05) is 32.8 Å². The number of esters is 2. The summed E-state index contributed by atoms with van der Waals surface area (Å²) in [6, 6.07) is 9.28.